The molecule has 1 fully saturated rings. The largest absolute Gasteiger partial charge is 0.297 e. The minimum Gasteiger partial charge on any atom is -0.297 e. The van der Waals surface area contributed by atoms with Crippen molar-refractivity contribution in [2.24, 2.45) is 0 Å². The average molecular weight is 266 g/mol. The molecule has 2 aromatic rings. The van der Waals surface area contributed by atoms with Gasteiger partial charge in [-0.2, -0.15) is 5.10 Å². The van der Waals surface area contributed by atoms with Crippen LogP contribution in [-0.4, -0.2) is 14.8 Å². The quantitative estimate of drug-likeness (QED) is 0.836. The Morgan fingerprint density at radius 2 is 2.24 bits per heavy atom. The number of halogens is 1. The molecule has 1 saturated carbocycles. The third kappa shape index (κ3) is 1.91. The molecule has 1 aliphatic carbocycles. The third-order valence-electron chi connectivity index (χ3n) is 3.03. The van der Waals surface area contributed by atoms with E-state index in [1.165, 1.54) is 12.8 Å². The molecule has 0 atom stereocenters. The summed E-state index contributed by atoms with van der Waals surface area (Å²) in [4.78, 5) is 0. The highest BCUT2D eigenvalue weighted by Crippen LogP contribution is 2.38. The lowest BCUT2D eigenvalue weighted by molar-refractivity contribution is 0.735. The predicted octanol–water partition coefficient (Wildman–Crippen LogP) is 3.90. The van der Waals surface area contributed by atoms with Crippen molar-refractivity contribution in [3.05, 3.63) is 33.6 Å². The van der Waals surface area contributed by atoms with E-state index in [2.05, 4.69) is 14.8 Å². The van der Waals surface area contributed by atoms with Gasteiger partial charge in [0.25, 0.3) is 0 Å². The molecular weight excluding hydrogens is 254 g/mol. The lowest BCUT2D eigenvalue weighted by Crippen LogP contribution is -1.97. The van der Waals surface area contributed by atoms with Crippen molar-refractivity contribution in [1.29, 1.82) is 0 Å². The van der Waals surface area contributed by atoms with Crippen LogP contribution < -0.4 is 0 Å². The van der Waals surface area contributed by atoms with Crippen LogP contribution in [-0.2, 0) is 0 Å². The maximum atomic E-state index is 6.03. The van der Waals surface area contributed by atoms with E-state index in [9.17, 15) is 0 Å². The minimum absolute atomic E-state index is 0.521. The van der Waals surface area contributed by atoms with Gasteiger partial charge in [-0.05, 0) is 55.7 Å². The summed E-state index contributed by atoms with van der Waals surface area (Å²) in [5.41, 5.74) is 2.12. The maximum Gasteiger partial charge on any atom is 0.195 e. The molecule has 0 radical (unpaired) electrons. The van der Waals surface area contributed by atoms with Gasteiger partial charge in [0, 0.05) is 16.6 Å². The predicted molar refractivity (Wildman–Crippen MR) is 70.9 cm³/mol. The van der Waals surface area contributed by atoms with E-state index in [-0.39, 0.29) is 0 Å². The van der Waals surface area contributed by atoms with E-state index in [0.717, 1.165) is 22.0 Å². The van der Waals surface area contributed by atoms with E-state index < -0.39 is 0 Å². The SMILES string of the molecule is Cc1cc(-c2n[nH]c(=S)n2C2CC2)ccc1Cl. The van der Waals surface area contributed by atoms with Gasteiger partial charge in [-0.3, -0.25) is 9.67 Å². The van der Waals surface area contributed by atoms with Crippen LogP contribution in [0.15, 0.2) is 18.2 Å². The van der Waals surface area contributed by atoms with Crippen molar-refractivity contribution in [2.45, 2.75) is 25.8 Å². The number of aromatic amines is 1. The summed E-state index contributed by atoms with van der Waals surface area (Å²) < 4.78 is 2.81. The topological polar surface area (TPSA) is 33.6 Å². The Labute approximate surface area is 109 Å². The Hall–Kier alpha value is -1.13. The maximum absolute atomic E-state index is 6.03. The monoisotopic (exact) mass is 265 g/mol. The van der Waals surface area contributed by atoms with E-state index in [1.54, 1.807) is 0 Å². The molecule has 0 bridgehead atoms. The standard InChI is InChI=1S/C12H12ClN3S/c1-7-6-8(2-5-10(7)13)11-14-15-12(17)16(11)9-3-4-9/h2,5-6,9H,3-4H2,1H3,(H,15,17). The summed E-state index contributed by atoms with van der Waals surface area (Å²) in [6, 6.07) is 6.46. The summed E-state index contributed by atoms with van der Waals surface area (Å²) >= 11 is 11.3. The van der Waals surface area contributed by atoms with Crippen LogP contribution in [0.3, 0.4) is 0 Å². The average Bonchev–Trinajstić information content (AvgIpc) is 3.06. The Morgan fingerprint density at radius 1 is 1.47 bits per heavy atom. The summed E-state index contributed by atoms with van der Waals surface area (Å²) in [6.45, 7) is 1.99. The van der Waals surface area contributed by atoms with Gasteiger partial charge in [0.05, 0.1) is 0 Å². The molecule has 1 aromatic heterocycles. The second kappa shape index (κ2) is 3.96. The molecule has 1 heterocycles. The number of nitrogens with one attached hydrogen (secondary N) is 1. The van der Waals surface area contributed by atoms with Crippen molar-refractivity contribution in [2.75, 3.05) is 0 Å². The van der Waals surface area contributed by atoms with E-state index in [0.29, 0.717) is 10.8 Å². The number of H-pyrrole nitrogens is 1. The van der Waals surface area contributed by atoms with Crippen molar-refractivity contribution < 1.29 is 0 Å². The van der Waals surface area contributed by atoms with Gasteiger partial charge >= 0.3 is 0 Å². The van der Waals surface area contributed by atoms with Crippen LogP contribution >= 0.6 is 23.8 Å². The lowest BCUT2D eigenvalue weighted by atomic mass is 10.1. The van der Waals surface area contributed by atoms with Crippen LogP contribution in [0.25, 0.3) is 11.4 Å². The number of hydrogen-bond donors (Lipinski definition) is 1. The zero-order chi connectivity index (χ0) is 12.0. The third-order valence-corrected chi connectivity index (χ3v) is 3.74. The number of hydrogen-bond acceptors (Lipinski definition) is 2. The molecule has 1 aliphatic rings. The fourth-order valence-electron chi connectivity index (χ4n) is 1.96. The van der Waals surface area contributed by atoms with Gasteiger partial charge in [-0.15, -0.1) is 0 Å². The first-order chi connectivity index (χ1) is 8.16. The minimum atomic E-state index is 0.521. The molecule has 0 spiro atoms. The fraction of sp³-hybridized carbons (Fsp3) is 0.333. The Kier molecular flexibility index (Phi) is 2.56. The number of aromatic nitrogens is 3. The van der Waals surface area contributed by atoms with Gasteiger partial charge in [-0.1, -0.05) is 11.6 Å². The molecule has 0 amide bonds. The van der Waals surface area contributed by atoms with Crippen LogP contribution in [0.1, 0.15) is 24.4 Å². The van der Waals surface area contributed by atoms with Gasteiger partial charge in [0.2, 0.25) is 0 Å². The second-order valence-electron chi connectivity index (χ2n) is 4.42. The molecule has 0 saturated heterocycles. The molecule has 1 N–H and O–H groups in total. The first kappa shape index (κ1) is 11.0. The zero-order valence-electron chi connectivity index (χ0n) is 9.40. The first-order valence-corrected chi connectivity index (χ1v) is 6.39. The Bertz CT molecular complexity index is 625. The van der Waals surface area contributed by atoms with E-state index >= 15 is 0 Å². The highest BCUT2D eigenvalue weighted by molar-refractivity contribution is 7.71. The summed E-state index contributed by atoms with van der Waals surface area (Å²) in [6.07, 6.45) is 2.38. The van der Waals surface area contributed by atoms with Gasteiger partial charge in [0.1, 0.15) is 0 Å². The van der Waals surface area contributed by atoms with Gasteiger partial charge < -0.3 is 0 Å². The van der Waals surface area contributed by atoms with E-state index in [4.69, 9.17) is 23.8 Å². The lowest BCUT2D eigenvalue weighted by Gasteiger charge is -2.06. The van der Waals surface area contributed by atoms with Crippen LogP contribution in [0, 0.1) is 11.7 Å². The molecule has 3 rings (SSSR count). The van der Waals surface area contributed by atoms with Crippen molar-refractivity contribution >= 4 is 23.8 Å². The summed E-state index contributed by atoms with van der Waals surface area (Å²) in [5, 5.41) is 7.97. The molecular formula is C12H12ClN3S. The summed E-state index contributed by atoms with van der Waals surface area (Å²) in [5.74, 6) is 0.914. The number of nitrogens with zero attached hydrogens (tertiary/aromatic N) is 2. The normalized spacial score (nSPS) is 15.2. The molecule has 1 aromatic carbocycles. The highest BCUT2D eigenvalue weighted by atomic mass is 35.5. The molecule has 0 unspecified atom stereocenters. The summed E-state index contributed by atoms with van der Waals surface area (Å²) in [7, 11) is 0. The highest BCUT2D eigenvalue weighted by Gasteiger charge is 2.27. The van der Waals surface area contributed by atoms with Crippen molar-refractivity contribution in [3.63, 3.8) is 0 Å². The number of aryl methyl sites for hydroxylation is 1. The molecule has 0 aliphatic heterocycles. The van der Waals surface area contributed by atoms with Crippen molar-refractivity contribution in [1.82, 2.24) is 14.8 Å². The number of benzene rings is 1. The zero-order valence-corrected chi connectivity index (χ0v) is 11.0. The molecule has 88 valence electrons. The van der Waals surface area contributed by atoms with Crippen LogP contribution in [0.4, 0.5) is 0 Å². The molecule has 5 heteroatoms. The fourth-order valence-corrected chi connectivity index (χ4v) is 2.36. The van der Waals surface area contributed by atoms with Gasteiger partial charge in [0.15, 0.2) is 10.6 Å². The van der Waals surface area contributed by atoms with Crippen LogP contribution in [0.5, 0.6) is 0 Å². The molecule has 3 nitrogen and oxygen atoms in total. The Morgan fingerprint density at radius 3 is 2.88 bits per heavy atom. The number of rotatable bonds is 2. The Balaban J connectivity index is 2.14. The second-order valence-corrected chi connectivity index (χ2v) is 5.21. The van der Waals surface area contributed by atoms with Gasteiger partial charge in [-0.25, -0.2) is 0 Å². The van der Waals surface area contributed by atoms with E-state index in [1.807, 2.05) is 25.1 Å². The molecule has 17 heavy (non-hydrogen) atoms. The smallest absolute Gasteiger partial charge is 0.195 e. The van der Waals surface area contributed by atoms with Crippen molar-refractivity contribution in [3.8, 4) is 11.4 Å². The van der Waals surface area contributed by atoms with Crippen LogP contribution in [0.2, 0.25) is 5.02 Å². The first-order valence-electron chi connectivity index (χ1n) is 5.60.